The molecule has 0 heterocycles. The van der Waals surface area contributed by atoms with Gasteiger partial charge in [-0.3, -0.25) is 0 Å². The van der Waals surface area contributed by atoms with Gasteiger partial charge in [0.05, 0.1) is 6.10 Å². The summed E-state index contributed by atoms with van der Waals surface area (Å²) in [6.07, 6.45) is -0.536. The number of rotatable bonds is 5. The zero-order valence-electron chi connectivity index (χ0n) is 11.0. The van der Waals surface area contributed by atoms with Crippen LogP contribution >= 0.6 is 0 Å². The van der Waals surface area contributed by atoms with Gasteiger partial charge in [-0.05, 0) is 18.6 Å². The Morgan fingerprint density at radius 2 is 1.89 bits per heavy atom. The summed E-state index contributed by atoms with van der Waals surface area (Å²) in [7, 11) is 0. The van der Waals surface area contributed by atoms with Gasteiger partial charge in [0.25, 0.3) is 0 Å². The van der Waals surface area contributed by atoms with E-state index in [2.05, 4.69) is 5.32 Å². The fraction of sp³-hybridized carbons (Fsp3) is 0.250. The van der Waals surface area contributed by atoms with E-state index in [9.17, 15) is 10.2 Å². The van der Waals surface area contributed by atoms with Crippen LogP contribution in [0, 0.1) is 6.92 Å². The maximum atomic E-state index is 10.1. The van der Waals surface area contributed by atoms with E-state index in [1.807, 2.05) is 43.3 Å². The first-order valence-corrected chi connectivity index (χ1v) is 6.39. The lowest BCUT2D eigenvalue weighted by atomic mass is 10.1. The maximum Gasteiger partial charge on any atom is 0.120 e. The van der Waals surface area contributed by atoms with E-state index in [0.29, 0.717) is 13.1 Å². The van der Waals surface area contributed by atoms with Crippen molar-refractivity contribution in [1.82, 2.24) is 5.32 Å². The number of hydrogen-bond donors (Lipinski definition) is 3. The Morgan fingerprint density at radius 3 is 2.63 bits per heavy atom. The Morgan fingerprint density at radius 1 is 1.11 bits per heavy atom. The highest BCUT2D eigenvalue weighted by atomic mass is 16.3. The van der Waals surface area contributed by atoms with Crippen LogP contribution in [0.1, 0.15) is 22.8 Å². The number of hydrogen-bond acceptors (Lipinski definition) is 3. The topological polar surface area (TPSA) is 52.5 Å². The fourth-order valence-corrected chi connectivity index (χ4v) is 2.00. The summed E-state index contributed by atoms with van der Waals surface area (Å²) in [4.78, 5) is 0. The van der Waals surface area contributed by atoms with Crippen molar-refractivity contribution in [2.45, 2.75) is 19.6 Å². The molecule has 0 fully saturated rings. The highest BCUT2D eigenvalue weighted by Crippen LogP contribution is 2.16. The predicted octanol–water partition coefficient (Wildman–Crippen LogP) is 2.52. The standard InChI is InChI=1S/C16H19NO2/c1-12-5-4-7-13(9-12)16(19)11-17-10-14-6-2-3-8-15(14)18/h2-9,16-19H,10-11H2,1H3. The zero-order valence-corrected chi connectivity index (χ0v) is 11.0. The number of aromatic hydroxyl groups is 1. The molecule has 1 unspecified atom stereocenters. The molecule has 1 atom stereocenters. The van der Waals surface area contributed by atoms with Crippen LogP contribution < -0.4 is 5.32 Å². The quantitative estimate of drug-likeness (QED) is 0.771. The van der Waals surface area contributed by atoms with Crippen LogP contribution in [0.2, 0.25) is 0 Å². The van der Waals surface area contributed by atoms with Crippen LogP contribution in [-0.4, -0.2) is 16.8 Å². The Hall–Kier alpha value is -1.84. The van der Waals surface area contributed by atoms with E-state index < -0.39 is 6.10 Å². The average Bonchev–Trinajstić information content (AvgIpc) is 2.41. The van der Waals surface area contributed by atoms with Crippen molar-refractivity contribution in [2.24, 2.45) is 0 Å². The molecule has 3 N–H and O–H groups in total. The van der Waals surface area contributed by atoms with Crippen LogP contribution in [0.25, 0.3) is 0 Å². The molecule has 0 aromatic heterocycles. The van der Waals surface area contributed by atoms with Gasteiger partial charge in [-0.2, -0.15) is 0 Å². The molecule has 0 saturated heterocycles. The zero-order chi connectivity index (χ0) is 13.7. The summed E-state index contributed by atoms with van der Waals surface area (Å²) in [5.41, 5.74) is 2.88. The Labute approximate surface area is 113 Å². The normalized spacial score (nSPS) is 12.3. The average molecular weight is 257 g/mol. The molecule has 0 amide bonds. The third kappa shape index (κ3) is 3.81. The van der Waals surface area contributed by atoms with Crippen molar-refractivity contribution < 1.29 is 10.2 Å². The second kappa shape index (κ2) is 6.36. The van der Waals surface area contributed by atoms with Crippen LogP contribution in [0.3, 0.4) is 0 Å². The first-order chi connectivity index (χ1) is 9.16. The van der Waals surface area contributed by atoms with Gasteiger partial charge in [0, 0.05) is 18.7 Å². The predicted molar refractivity (Wildman–Crippen MR) is 76.0 cm³/mol. The van der Waals surface area contributed by atoms with Crippen molar-refractivity contribution in [3.63, 3.8) is 0 Å². The molecule has 0 saturated carbocycles. The summed E-state index contributed by atoms with van der Waals surface area (Å²) in [5, 5.41) is 22.8. The molecule has 100 valence electrons. The van der Waals surface area contributed by atoms with Crippen molar-refractivity contribution in [1.29, 1.82) is 0 Å². The summed E-state index contributed by atoms with van der Waals surface area (Å²) in [6, 6.07) is 15.0. The molecule has 3 nitrogen and oxygen atoms in total. The van der Waals surface area contributed by atoms with E-state index >= 15 is 0 Å². The first-order valence-electron chi connectivity index (χ1n) is 6.39. The van der Waals surface area contributed by atoms with Gasteiger partial charge in [-0.15, -0.1) is 0 Å². The summed E-state index contributed by atoms with van der Waals surface area (Å²) in [5.74, 6) is 0.278. The molecule has 0 aliphatic rings. The van der Waals surface area contributed by atoms with Crippen LogP contribution in [-0.2, 0) is 6.54 Å². The number of aliphatic hydroxyl groups excluding tert-OH is 1. The van der Waals surface area contributed by atoms with Gasteiger partial charge in [-0.1, -0.05) is 48.0 Å². The summed E-state index contributed by atoms with van der Waals surface area (Å²) >= 11 is 0. The molecule has 2 rings (SSSR count). The number of para-hydroxylation sites is 1. The first kappa shape index (κ1) is 13.6. The van der Waals surface area contributed by atoms with Gasteiger partial charge in [-0.25, -0.2) is 0 Å². The Balaban J connectivity index is 1.88. The monoisotopic (exact) mass is 257 g/mol. The number of phenolic OH excluding ortho intramolecular Hbond substituents is 1. The smallest absolute Gasteiger partial charge is 0.120 e. The van der Waals surface area contributed by atoms with Crippen molar-refractivity contribution >= 4 is 0 Å². The fourth-order valence-electron chi connectivity index (χ4n) is 2.00. The highest BCUT2D eigenvalue weighted by molar-refractivity contribution is 5.31. The van der Waals surface area contributed by atoms with Crippen molar-refractivity contribution in [3.8, 4) is 5.75 Å². The van der Waals surface area contributed by atoms with Gasteiger partial charge in [0.15, 0.2) is 0 Å². The molecule has 0 spiro atoms. The Bertz CT molecular complexity index is 540. The molecule has 0 aliphatic heterocycles. The molecule has 19 heavy (non-hydrogen) atoms. The number of benzene rings is 2. The summed E-state index contributed by atoms with van der Waals surface area (Å²) in [6.45, 7) is 3.00. The molecular formula is C16H19NO2. The SMILES string of the molecule is Cc1cccc(C(O)CNCc2ccccc2O)c1. The van der Waals surface area contributed by atoms with E-state index in [-0.39, 0.29) is 5.75 Å². The molecule has 0 bridgehead atoms. The minimum absolute atomic E-state index is 0.278. The second-order valence-corrected chi connectivity index (χ2v) is 4.69. The third-order valence-electron chi connectivity index (χ3n) is 3.07. The largest absolute Gasteiger partial charge is 0.508 e. The lowest BCUT2D eigenvalue weighted by Crippen LogP contribution is -2.21. The van der Waals surface area contributed by atoms with Crippen LogP contribution in [0.15, 0.2) is 48.5 Å². The Kier molecular flexibility index (Phi) is 4.55. The van der Waals surface area contributed by atoms with E-state index in [0.717, 1.165) is 16.7 Å². The van der Waals surface area contributed by atoms with Crippen LogP contribution in [0.5, 0.6) is 5.75 Å². The van der Waals surface area contributed by atoms with Gasteiger partial charge in [0.1, 0.15) is 5.75 Å². The molecule has 2 aromatic rings. The number of nitrogens with one attached hydrogen (secondary N) is 1. The van der Waals surface area contributed by atoms with E-state index in [4.69, 9.17) is 0 Å². The van der Waals surface area contributed by atoms with E-state index in [1.165, 1.54) is 0 Å². The van der Waals surface area contributed by atoms with E-state index in [1.54, 1.807) is 12.1 Å². The highest BCUT2D eigenvalue weighted by Gasteiger charge is 2.07. The summed E-state index contributed by atoms with van der Waals surface area (Å²) < 4.78 is 0. The lowest BCUT2D eigenvalue weighted by Gasteiger charge is -2.13. The molecule has 0 aliphatic carbocycles. The number of aryl methyl sites for hydroxylation is 1. The molecular weight excluding hydrogens is 238 g/mol. The van der Waals surface area contributed by atoms with Crippen LogP contribution in [0.4, 0.5) is 0 Å². The van der Waals surface area contributed by atoms with Crippen molar-refractivity contribution in [3.05, 3.63) is 65.2 Å². The van der Waals surface area contributed by atoms with Crippen molar-refractivity contribution in [2.75, 3.05) is 6.54 Å². The number of aliphatic hydroxyl groups is 1. The lowest BCUT2D eigenvalue weighted by molar-refractivity contribution is 0.174. The maximum absolute atomic E-state index is 10.1. The van der Waals surface area contributed by atoms with Gasteiger partial charge in [0.2, 0.25) is 0 Å². The minimum atomic E-state index is -0.536. The second-order valence-electron chi connectivity index (χ2n) is 4.69. The van der Waals surface area contributed by atoms with Gasteiger partial charge < -0.3 is 15.5 Å². The minimum Gasteiger partial charge on any atom is -0.508 e. The molecule has 0 radical (unpaired) electrons. The molecule has 3 heteroatoms. The van der Waals surface area contributed by atoms with Gasteiger partial charge >= 0.3 is 0 Å². The third-order valence-corrected chi connectivity index (χ3v) is 3.07. The number of phenols is 1. The molecule has 2 aromatic carbocycles.